The van der Waals surface area contributed by atoms with Crippen LogP contribution in [0.4, 0.5) is 5.82 Å². The van der Waals surface area contributed by atoms with Crippen molar-refractivity contribution in [1.82, 2.24) is 9.78 Å². The second-order valence-corrected chi connectivity index (χ2v) is 5.97. The molecule has 2 N–H and O–H groups in total. The molecule has 112 valence electrons. The molecule has 2 aromatic rings. The van der Waals surface area contributed by atoms with Gasteiger partial charge in [0.25, 0.3) is 0 Å². The summed E-state index contributed by atoms with van der Waals surface area (Å²) in [4.78, 5) is 0. The number of hydrogen-bond donors (Lipinski definition) is 1. The average Bonchev–Trinajstić information content (AvgIpc) is 2.87. The van der Waals surface area contributed by atoms with Crippen molar-refractivity contribution in [2.45, 2.75) is 38.5 Å². The quantitative estimate of drug-likeness (QED) is 0.939. The van der Waals surface area contributed by atoms with E-state index in [9.17, 15) is 0 Å². The number of nitrogen functional groups attached to an aromatic ring is 1. The van der Waals surface area contributed by atoms with Crippen molar-refractivity contribution >= 4 is 5.82 Å². The van der Waals surface area contributed by atoms with E-state index in [1.165, 1.54) is 5.56 Å². The lowest BCUT2D eigenvalue weighted by Gasteiger charge is -2.22. The molecule has 1 aliphatic heterocycles. The second-order valence-electron chi connectivity index (χ2n) is 5.97. The fourth-order valence-electron chi connectivity index (χ4n) is 3.09. The summed E-state index contributed by atoms with van der Waals surface area (Å²) < 4.78 is 7.37. The van der Waals surface area contributed by atoms with Gasteiger partial charge in [0.15, 0.2) is 0 Å². The van der Waals surface area contributed by atoms with E-state index in [-0.39, 0.29) is 0 Å². The number of anilines is 1. The maximum atomic E-state index is 6.41. The summed E-state index contributed by atoms with van der Waals surface area (Å²) in [7, 11) is 0. The first-order valence-electron chi connectivity index (χ1n) is 7.70. The molecule has 2 heterocycles. The zero-order valence-electron chi connectivity index (χ0n) is 12.7. The Morgan fingerprint density at radius 3 is 2.48 bits per heavy atom. The predicted molar refractivity (Wildman–Crippen MR) is 84.9 cm³/mol. The van der Waals surface area contributed by atoms with Gasteiger partial charge in [0.2, 0.25) is 0 Å². The van der Waals surface area contributed by atoms with Crippen molar-refractivity contribution in [1.29, 1.82) is 0 Å². The number of ether oxygens (including phenoxy) is 1. The van der Waals surface area contributed by atoms with Crippen LogP contribution in [0, 0.1) is 0 Å². The summed E-state index contributed by atoms with van der Waals surface area (Å²) in [5, 5.41) is 4.86. The van der Waals surface area contributed by atoms with Crippen LogP contribution in [0.5, 0.6) is 0 Å². The van der Waals surface area contributed by atoms with Gasteiger partial charge in [0.1, 0.15) is 5.82 Å². The Morgan fingerprint density at radius 1 is 1.19 bits per heavy atom. The zero-order chi connectivity index (χ0) is 14.8. The van der Waals surface area contributed by atoms with Gasteiger partial charge in [-0.2, -0.15) is 5.10 Å². The van der Waals surface area contributed by atoms with Crippen LogP contribution in [0.3, 0.4) is 0 Å². The minimum atomic E-state index is 0.375. The van der Waals surface area contributed by atoms with Gasteiger partial charge in [-0.1, -0.05) is 32.0 Å². The van der Waals surface area contributed by atoms with Crippen LogP contribution in [0.25, 0.3) is 5.69 Å². The van der Waals surface area contributed by atoms with Gasteiger partial charge in [-0.3, -0.25) is 0 Å². The molecule has 3 rings (SSSR count). The maximum Gasteiger partial charge on any atom is 0.130 e. The van der Waals surface area contributed by atoms with Crippen molar-refractivity contribution < 1.29 is 4.74 Å². The molecular formula is C17H23N3O. The highest BCUT2D eigenvalue weighted by Crippen LogP contribution is 2.36. The number of nitrogens with zero attached hydrogens (tertiary/aromatic N) is 2. The molecule has 0 aliphatic carbocycles. The highest BCUT2D eigenvalue weighted by molar-refractivity contribution is 5.52. The van der Waals surface area contributed by atoms with Crippen LogP contribution in [-0.2, 0) is 4.74 Å². The zero-order valence-corrected chi connectivity index (χ0v) is 12.7. The van der Waals surface area contributed by atoms with Crippen LogP contribution in [0.1, 0.15) is 49.8 Å². The summed E-state index contributed by atoms with van der Waals surface area (Å²) in [5.41, 5.74) is 9.80. The van der Waals surface area contributed by atoms with Gasteiger partial charge >= 0.3 is 0 Å². The molecule has 0 unspecified atom stereocenters. The van der Waals surface area contributed by atoms with E-state index in [1.54, 1.807) is 0 Å². The third kappa shape index (κ3) is 2.68. The lowest BCUT2D eigenvalue weighted by molar-refractivity contribution is 0.0842. The SMILES string of the molecule is CC(C)c1c(C2CCOCC2)nn(-c2ccccc2)c1N. The number of nitrogens with two attached hydrogens (primary N) is 1. The van der Waals surface area contributed by atoms with Gasteiger partial charge in [0.05, 0.1) is 11.4 Å². The number of para-hydroxylation sites is 1. The second kappa shape index (κ2) is 5.90. The molecule has 0 spiro atoms. The predicted octanol–water partition coefficient (Wildman–Crippen LogP) is 3.47. The molecular weight excluding hydrogens is 262 g/mol. The van der Waals surface area contributed by atoms with E-state index in [4.69, 9.17) is 15.6 Å². The van der Waals surface area contributed by atoms with E-state index < -0.39 is 0 Å². The first-order valence-corrected chi connectivity index (χ1v) is 7.70. The largest absolute Gasteiger partial charge is 0.383 e. The first-order chi connectivity index (χ1) is 10.2. The molecule has 0 saturated carbocycles. The lowest BCUT2D eigenvalue weighted by atomic mass is 9.90. The smallest absolute Gasteiger partial charge is 0.130 e. The van der Waals surface area contributed by atoms with E-state index in [0.29, 0.717) is 11.8 Å². The Hall–Kier alpha value is -1.81. The molecule has 0 atom stereocenters. The highest BCUT2D eigenvalue weighted by Gasteiger charge is 2.26. The summed E-state index contributed by atoms with van der Waals surface area (Å²) in [6.07, 6.45) is 2.07. The van der Waals surface area contributed by atoms with Crippen molar-refractivity contribution in [3.8, 4) is 5.69 Å². The first kappa shape index (κ1) is 14.1. The van der Waals surface area contributed by atoms with Crippen molar-refractivity contribution in [3.63, 3.8) is 0 Å². The monoisotopic (exact) mass is 285 g/mol. The third-order valence-electron chi connectivity index (χ3n) is 4.17. The van der Waals surface area contributed by atoms with Gasteiger partial charge in [-0.15, -0.1) is 0 Å². The molecule has 4 nitrogen and oxygen atoms in total. The number of aromatic nitrogens is 2. The van der Waals surface area contributed by atoms with Crippen LogP contribution in [-0.4, -0.2) is 23.0 Å². The summed E-state index contributed by atoms with van der Waals surface area (Å²) in [5.74, 6) is 1.61. The highest BCUT2D eigenvalue weighted by atomic mass is 16.5. The van der Waals surface area contributed by atoms with Crippen LogP contribution >= 0.6 is 0 Å². The molecule has 4 heteroatoms. The molecule has 0 bridgehead atoms. The van der Waals surface area contributed by atoms with Gasteiger partial charge < -0.3 is 10.5 Å². The van der Waals surface area contributed by atoms with Crippen molar-refractivity contribution in [2.24, 2.45) is 0 Å². The fourth-order valence-corrected chi connectivity index (χ4v) is 3.09. The van der Waals surface area contributed by atoms with E-state index in [1.807, 2.05) is 35.0 Å². The Morgan fingerprint density at radius 2 is 1.86 bits per heavy atom. The molecule has 0 amide bonds. The normalized spacial score (nSPS) is 16.5. The average molecular weight is 285 g/mol. The van der Waals surface area contributed by atoms with E-state index >= 15 is 0 Å². The molecule has 1 aliphatic rings. The van der Waals surface area contributed by atoms with Crippen molar-refractivity contribution in [2.75, 3.05) is 18.9 Å². The molecule has 21 heavy (non-hydrogen) atoms. The number of rotatable bonds is 3. The number of benzene rings is 1. The molecule has 1 saturated heterocycles. The molecule has 1 aromatic heterocycles. The molecule has 1 aromatic carbocycles. The lowest BCUT2D eigenvalue weighted by Crippen LogP contribution is -2.16. The topological polar surface area (TPSA) is 53.1 Å². The number of hydrogen-bond acceptors (Lipinski definition) is 3. The van der Waals surface area contributed by atoms with Crippen molar-refractivity contribution in [3.05, 3.63) is 41.6 Å². The molecule has 0 radical (unpaired) electrons. The summed E-state index contributed by atoms with van der Waals surface area (Å²) in [6.45, 7) is 6.01. The Kier molecular flexibility index (Phi) is 3.97. The Bertz CT molecular complexity index is 598. The third-order valence-corrected chi connectivity index (χ3v) is 4.17. The minimum absolute atomic E-state index is 0.375. The van der Waals surface area contributed by atoms with Gasteiger partial charge in [-0.25, -0.2) is 4.68 Å². The summed E-state index contributed by atoms with van der Waals surface area (Å²) >= 11 is 0. The maximum absolute atomic E-state index is 6.41. The van der Waals surface area contributed by atoms with Gasteiger partial charge in [0, 0.05) is 24.7 Å². The fraction of sp³-hybridized carbons (Fsp3) is 0.471. The van der Waals surface area contributed by atoms with Crippen LogP contribution < -0.4 is 5.73 Å². The summed E-state index contributed by atoms with van der Waals surface area (Å²) in [6, 6.07) is 10.1. The molecule has 1 fully saturated rings. The van der Waals surface area contributed by atoms with Gasteiger partial charge in [-0.05, 0) is 30.9 Å². The standard InChI is InChI=1S/C17H23N3O/c1-12(2)15-16(13-8-10-21-11-9-13)19-20(17(15)18)14-6-4-3-5-7-14/h3-7,12-13H,8-11,18H2,1-2H3. The van der Waals surface area contributed by atoms with E-state index in [0.717, 1.165) is 43.3 Å². The van der Waals surface area contributed by atoms with Crippen LogP contribution in [0.2, 0.25) is 0 Å². The van der Waals surface area contributed by atoms with E-state index in [2.05, 4.69) is 13.8 Å². The Labute approximate surface area is 125 Å². The Balaban J connectivity index is 2.07. The van der Waals surface area contributed by atoms with Crippen LogP contribution in [0.15, 0.2) is 30.3 Å². The minimum Gasteiger partial charge on any atom is -0.383 e.